The zero-order valence-corrected chi connectivity index (χ0v) is 11.8. The van der Waals surface area contributed by atoms with E-state index in [2.05, 4.69) is 12.2 Å². The SMILES string of the molecule is CC1CCC(NCc2ccc(Cl)c([N+](=O)[O-])c2)CC1. The van der Waals surface area contributed by atoms with Crippen molar-refractivity contribution in [2.45, 2.75) is 45.2 Å². The fraction of sp³-hybridized carbons (Fsp3) is 0.571. The summed E-state index contributed by atoms with van der Waals surface area (Å²) in [4.78, 5) is 10.4. The van der Waals surface area contributed by atoms with Crippen LogP contribution in [0.4, 0.5) is 5.69 Å². The van der Waals surface area contributed by atoms with Crippen molar-refractivity contribution in [1.29, 1.82) is 0 Å². The maximum absolute atomic E-state index is 10.8. The van der Waals surface area contributed by atoms with Gasteiger partial charge in [-0.05, 0) is 43.2 Å². The van der Waals surface area contributed by atoms with Gasteiger partial charge in [-0.25, -0.2) is 0 Å². The molecule has 104 valence electrons. The highest BCUT2D eigenvalue weighted by Gasteiger charge is 2.18. The van der Waals surface area contributed by atoms with Gasteiger partial charge in [0.25, 0.3) is 5.69 Å². The molecule has 2 rings (SSSR count). The van der Waals surface area contributed by atoms with Crippen LogP contribution in [-0.4, -0.2) is 11.0 Å². The van der Waals surface area contributed by atoms with E-state index >= 15 is 0 Å². The third kappa shape index (κ3) is 3.91. The second-order valence-corrected chi connectivity index (χ2v) is 5.79. The Balaban J connectivity index is 1.92. The molecule has 1 aliphatic carbocycles. The van der Waals surface area contributed by atoms with E-state index in [0.717, 1.165) is 11.5 Å². The summed E-state index contributed by atoms with van der Waals surface area (Å²) < 4.78 is 0. The molecular formula is C14H19ClN2O2. The van der Waals surface area contributed by atoms with Crippen molar-refractivity contribution in [2.24, 2.45) is 5.92 Å². The molecule has 0 aromatic heterocycles. The summed E-state index contributed by atoms with van der Waals surface area (Å²) in [5.41, 5.74) is 0.896. The van der Waals surface area contributed by atoms with Gasteiger partial charge in [0.1, 0.15) is 5.02 Å². The lowest BCUT2D eigenvalue weighted by Crippen LogP contribution is -2.32. The minimum atomic E-state index is -0.436. The molecule has 5 heteroatoms. The van der Waals surface area contributed by atoms with E-state index in [1.54, 1.807) is 12.1 Å². The number of hydrogen-bond donors (Lipinski definition) is 1. The molecule has 1 saturated carbocycles. The number of nitro groups is 1. The molecule has 4 nitrogen and oxygen atoms in total. The molecule has 0 aliphatic heterocycles. The third-order valence-electron chi connectivity index (χ3n) is 3.82. The number of nitrogens with one attached hydrogen (secondary N) is 1. The van der Waals surface area contributed by atoms with Crippen LogP contribution in [0.2, 0.25) is 5.02 Å². The lowest BCUT2D eigenvalue weighted by atomic mass is 9.87. The van der Waals surface area contributed by atoms with Crippen LogP contribution < -0.4 is 5.32 Å². The summed E-state index contributed by atoms with van der Waals surface area (Å²) in [5.74, 6) is 0.828. The molecule has 1 aliphatic rings. The lowest BCUT2D eigenvalue weighted by molar-refractivity contribution is -0.384. The second kappa shape index (κ2) is 6.35. The van der Waals surface area contributed by atoms with E-state index in [0.29, 0.717) is 12.6 Å². The zero-order chi connectivity index (χ0) is 13.8. The van der Waals surface area contributed by atoms with Gasteiger partial charge in [-0.2, -0.15) is 0 Å². The van der Waals surface area contributed by atoms with Gasteiger partial charge < -0.3 is 5.32 Å². The molecule has 0 heterocycles. The Kier molecular flexibility index (Phi) is 4.77. The van der Waals surface area contributed by atoms with E-state index in [1.807, 2.05) is 6.07 Å². The van der Waals surface area contributed by atoms with Crippen molar-refractivity contribution in [3.63, 3.8) is 0 Å². The summed E-state index contributed by atoms with van der Waals surface area (Å²) in [6, 6.07) is 5.53. The van der Waals surface area contributed by atoms with Crippen LogP contribution in [0.1, 0.15) is 38.2 Å². The van der Waals surface area contributed by atoms with Crippen LogP contribution in [-0.2, 0) is 6.54 Å². The fourth-order valence-corrected chi connectivity index (χ4v) is 2.72. The first-order valence-corrected chi connectivity index (χ1v) is 7.10. The van der Waals surface area contributed by atoms with E-state index in [4.69, 9.17) is 11.6 Å². The number of hydrogen-bond acceptors (Lipinski definition) is 3. The first-order valence-electron chi connectivity index (χ1n) is 6.72. The van der Waals surface area contributed by atoms with Crippen molar-refractivity contribution in [3.05, 3.63) is 38.9 Å². The molecule has 1 aromatic carbocycles. The van der Waals surface area contributed by atoms with Gasteiger partial charge >= 0.3 is 0 Å². The van der Waals surface area contributed by atoms with Crippen LogP contribution in [0.15, 0.2) is 18.2 Å². The summed E-state index contributed by atoms with van der Waals surface area (Å²) >= 11 is 5.79. The summed E-state index contributed by atoms with van der Waals surface area (Å²) in [6.07, 6.45) is 4.91. The maximum Gasteiger partial charge on any atom is 0.288 e. The lowest BCUT2D eigenvalue weighted by Gasteiger charge is -2.27. The number of nitrogens with zero attached hydrogens (tertiary/aromatic N) is 1. The molecule has 0 radical (unpaired) electrons. The first-order chi connectivity index (χ1) is 9.06. The Hall–Kier alpha value is -1.13. The van der Waals surface area contributed by atoms with E-state index in [1.165, 1.54) is 25.7 Å². The van der Waals surface area contributed by atoms with Crippen molar-refractivity contribution in [1.82, 2.24) is 5.32 Å². The Bertz CT molecular complexity index is 457. The maximum atomic E-state index is 10.8. The molecule has 0 saturated heterocycles. The summed E-state index contributed by atoms with van der Waals surface area (Å²) in [5, 5.41) is 14.5. The van der Waals surface area contributed by atoms with Crippen molar-refractivity contribution >= 4 is 17.3 Å². The summed E-state index contributed by atoms with van der Waals surface area (Å²) in [7, 11) is 0. The zero-order valence-electron chi connectivity index (χ0n) is 11.1. The monoisotopic (exact) mass is 282 g/mol. The molecule has 0 spiro atoms. The molecule has 0 bridgehead atoms. The van der Waals surface area contributed by atoms with E-state index in [-0.39, 0.29) is 10.7 Å². The third-order valence-corrected chi connectivity index (χ3v) is 4.14. The fourth-order valence-electron chi connectivity index (χ4n) is 2.53. The van der Waals surface area contributed by atoms with E-state index in [9.17, 15) is 10.1 Å². The average Bonchev–Trinajstić information content (AvgIpc) is 2.39. The smallest absolute Gasteiger partial charge is 0.288 e. The number of rotatable bonds is 4. The Morgan fingerprint density at radius 1 is 1.37 bits per heavy atom. The van der Waals surface area contributed by atoms with Crippen LogP contribution in [0.5, 0.6) is 0 Å². The van der Waals surface area contributed by atoms with Crippen LogP contribution in [0, 0.1) is 16.0 Å². The highest BCUT2D eigenvalue weighted by Crippen LogP contribution is 2.26. The summed E-state index contributed by atoms with van der Waals surface area (Å²) in [6.45, 7) is 2.95. The topological polar surface area (TPSA) is 55.2 Å². The number of halogens is 1. The Morgan fingerprint density at radius 2 is 2.05 bits per heavy atom. The van der Waals surface area contributed by atoms with Gasteiger partial charge in [0.15, 0.2) is 0 Å². The van der Waals surface area contributed by atoms with Crippen molar-refractivity contribution in [2.75, 3.05) is 0 Å². The molecule has 19 heavy (non-hydrogen) atoms. The van der Waals surface area contributed by atoms with Crippen LogP contribution >= 0.6 is 11.6 Å². The first kappa shape index (κ1) is 14.3. The minimum absolute atomic E-state index is 0.0155. The minimum Gasteiger partial charge on any atom is -0.310 e. The molecule has 0 unspecified atom stereocenters. The molecule has 1 aromatic rings. The van der Waals surface area contributed by atoms with Crippen molar-refractivity contribution in [3.8, 4) is 0 Å². The van der Waals surface area contributed by atoms with Gasteiger partial charge in [0.05, 0.1) is 4.92 Å². The standard InChI is InChI=1S/C14H19ClN2O2/c1-10-2-5-12(6-3-10)16-9-11-4-7-13(15)14(8-11)17(18)19/h4,7-8,10,12,16H,2-3,5-6,9H2,1H3. The molecular weight excluding hydrogens is 264 g/mol. The van der Waals surface area contributed by atoms with Gasteiger partial charge in [0, 0.05) is 18.7 Å². The molecule has 1 fully saturated rings. The predicted octanol–water partition coefficient (Wildman–Crippen LogP) is 3.92. The molecule has 1 N–H and O–H groups in total. The molecule has 0 atom stereocenters. The Morgan fingerprint density at radius 3 is 2.68 bits per heavy atom. The van der Waals surface area contributed by atoms with Crippen LogP contribution in [0.25, 0.3) is 0 Å². The molecule has 0 amide bonds. The number of benzene rings is 1. The van der Waals surface area contributed by atoms with Crippen LogP contribution in [0.3, 0.4) is 0 Å². The van der Waals surface area contributed by atoms with Gasteiger partial charge in [-0.3, -0.25) is 10.1 Å². The highest BCUT2D eigenvalue weighted by atomic mass is 35.5. The number of nitro benzene ring substituents is 1. The normalized spacial score (nSPS) is 23.3. The van der Waals surface area contributed by atoms with Crippen molar-refractivity contribution < 1.29 is 4.92 Å². The quantitative estimate of drug-likeness (QED) is 0.673. The highest BCUT2D eigenvalue weighted by molar-refractivity contribution is 6.32. The van der Waals surface area contributed by atoms with Gasteiger partial charge in [-0.1, -0.05) is 24.6 Å². The predicted molar refractivity (Wildman–Crippen MR) is 76.4 cm³/mol. The average molecular weight is 283 g/mol. The second-order valence-electron chi connectivity index (χ2n) is 5.38. The van der Waals surface area contributed by atoms with Gasteiger partial charge in [0.2, 0.25) is 0 Å². The van der Waals surface area contributed by atoms with Gasteiger partial charge in [-0.15, -0.1) is 0 Å². The Labute approximate surface area is 118 Å². The largest absolute Gasteiger partial charge is 0.310 e. The van der Waals surface area contributed by atoms with E-state index < -0.39 is 4.92 Å².